The minimum absolute atomic E-state index is 0.00880. The monoisotopic (exact) mass is 373 g/mol. The fourth-order valence-electron chi connectivity index (χ4n) is 3.92. The van der Waals surface area contributed by atoms with Crippen LogP contribution in [-0.4, -0.2) is 48.9 Å². The Kier molecular flexibility index (Phi) is 6.11. The highest BCUT2D eigenvalue weighted by Crippen LogP contribution is 2.30. The number of carbonyl (C=O) groups is 3. The van der Waals surface area contributed by atoms with Crippen LogP contribution < -0.4 is 10.6 Å². The molecule has 1 saturated carbocycles. The number of nitrogens with zero attached hydrogens (tertiary/aromatic N) is 1. The van der Waals surface area contributed by atoms with Crippen molar-refractivity contribution in [3.63, 3.8) is 0 Å². The number of carbonyl (C=O) groups excluding carboxylic acids is 3. The van der Waals surface area contributed by atoms with Crippen LogP contribution in [0.15, 0.2) is 18.2 Å². The van der Waals surface area contributed by atoms with Crippen molar-refractivity contribution in [1.29, 1.82) is 0 Å². The van der Waals surface area contributed by atoms with Gasteiger partial charge < -0.3 is 20.3 Å². The zero-order valence-corrected chi connectivity index (χ0v) is 15.9. The fraction of sp³-hybridized carbons (Fsp3) is 0.550. The molecule has 146 valence electrons. The Morgan fingerprint density at radius 3 is 2.63 bits per heavy atom. The average molecular weight is 373 g/mol. The van der Waals surface area contributed by atoms with Crippen LogP contribution in [0.25, 0.3) is 0 Å². The minimum Gasteiger partial charge on any atom is -0.375 e. The van der Waals surface area contributed by atoms with Crippen molar-refractivity contribution in [1.82, 2.24) is 4.90 Å². The normalized spacial score (nSPS) is 20.1. The van der Waals surface area contributed by atoms with Gasteiger partial charge in [-0.05, 0) is 43.5 Å². The second-order valence-corrected chi connectivity index (χ2v) is 7.39. The van der Waals surface area contributed by atoms with Crippen LogP contribution in [0.4, 0.5) is 11.4 Å². The largest absolute Gasteiger partial charge is 0.375 e. The first kappa shape index (κ1) is 19.4. The number of aryl methyl sites for hydroxylation is 1. The summed E-state index contributed by atoms with van der Waals surface area (Å²) in [6.45, 7) is 2.36. The lowest BCUT2D eigenvalue weighted by atomic mass is 10.1. The third-order valence-corrected chi connectivity index (χ3v) is 5.34. The van der Waals surface area contributed by atoms with Crippen molar-refractivity contribution >= 4 is 29.1 Å². The Bertz CT molecular complexity index is 728. The Hall–Kier alpha value is -2.41. The lowest BCUT2D eigenvalue weighted by molar-refractivity contribution is -0.130. The number of methoxy groups -OCH3 is 1. The molecule has 1 aromatic rings. The van der Waals surface area contributed by atoms with Gasteiger partial charge in [0.25, 0.3) is 0 Å². The van der Waals surface area contributed by atoms with E-state index in [-0.39, 0.29) is 36.7 Å². The number of hydrogen-bond acceptors (Lipinski definition) is 4. The lowest BCUT2D eigenvalue weighted by Crippen LogP contribution is -2.35. The van der Waals surface area contributed by atoms with Gasteiger partial charge in [0.1, 0.15) is 6.61 Å². The molecule has 27 heavy (non-hydrogen) atoms. The molecule has 0 bridgehead atoms. The number of ether oxygens (including phenoxy) is 1. The summed E-state index contributed by atoms with van der Waals surface area (Å²) in [6.07, 6.45) is 4.72. The highest BCUT2D eigenvalue weighted by atomic mass is 16.5. The molecule has 7 nitrogen and oxygen atoms in total. The number of amides is 3. The molecule has 7 heteroatoms. The Balaban J connectivity index is 1.58. The van der Waals surface area contributed by atoms with Crippen LogP contribution in [-0.2, 0) is 19.1 Å². The first-order valence-electron chi connectivity index (χ1n) is 9.47. The molecule has 1 saturated heterocycles. The molecule has 1 unspecified atom stereocenters. The summed E-state index contributed by atoms with van der Waals surface area (Å²) in [5.74, 6) is -0.567. The number of hydrogen-bond donors (Lipinski definition) is 2. The summed E-state index contributed by atoms with van der Waals surface area (Å²) in [6, 6.07) is 5.63. The van der Waals surface area contributed by atoms with Gasteiger partial charge in [0.2, 0.25) is 17.7 Å². The number of benzene rings is 1. The number of rotatable bonds is 6. The van der Waals surface area contributed by atoms with Crippen LogP contribution >= 0.6 is 0 Å². The van der Waals surface area contributed by atoms with Gasteiger partial charge in [-0.1, -0.05) is 12.8 Å². The van der Waals surface area contributed by atoms with Crippen molar-refractivity contribution in [2.24, 2.45) is 5.92 Å². The van der Waals surface area contributed by atoms with Crippen LogP contribution in [0, 0.1) is 12.8 Å². The molecule has 1 aliphatic heterocycles. The fourth-order valence-corrected chi connectivity index (χ4v) is 3.92. The molecule has 0 aromatic heterocycles. The summed E-state index contributed by atoms with van der Waals surface area (Å²) in [7, 11) is 1.46. The van der Waals surface area contributed by atoms with Gasteiger partial charge in [0.05, 0.1) is 5.92 Å². The van der Waals surface area contributed by atoms with Gasteiger partial charge in [-0.15, -0.1) is 0 Å². The highest BCUT2D eigenvalue weighted by molar-refractivity contribution is 5.98. The van der Waals surface area contributed by atoms with Crippen molar-refractivity contribution < 1.29 is 19.1 Å². The third kappa shape index (κ3) is 4.66. The van der Waals surface area contributed by atoms with E-state index in [9.17, 15) is 14.4 Å². The molecule has 2 aliphatic rings. The summed E-state index contributed by atoms with van der Waals surface area (Å²) >= 11 is 0. The van der Waals surface area contributed by atoms with Crippen molar-refractivity contribution in [2.45, 2.75) is 45.1 Å². The lowest BCUT2D eigenvalue weighted by Gasteiger charge is -2.23. The molecular weight excluding hydrogens is 346 g/mol. The van der Waals surface area contributed by atoms with Crippen LogP contribution in [0.1, 0.15) is 37.7 Å². The van der Waals surface area contributed by atoms with E-state index in [1.807, 2.05) is 17.9 Å². The molecular formula is C20H27N3O4. The smallest absolute Gasteiger partial charge is 0.250 e. The maximum Gasteiger partial charge on any atom is 0.250 e. The average Bonchev–Trinajstić information content (AvgIpc) is 3.27. The second kappa shape index (κ2) is 8.52. The van der Waals surface area contributed by atoms with Gasteiger partial charge >= 0.3 is 0 Å². The van der Waals surface area contributed by atoms with E-state index >= 15 is 0 Å². The van der Waals surface area contributed by atoms with Crippen molar-refractivity contribution in [3.05, 3.63) is 23.8 Å². The molecule has 2 fully saturated rings. The SMILES string of the molecule is COCC(=O)Nc1ccc(NC(=O)C2CC(=O)N(C3CCCC3)C2)cc1C. The maximum absolute atomic E-state index is 12.6. The highest BCUT2D eigenvalue weighted by Gasteiger charge is 2.38. The van der Waals surface area contributed by atoms with E-state index in [4.69, 9.17) is 4.74 Å². The third-order valence-electron chi connectivity index (χ3n) is 5.34. The van der Waals surface area contributed by atoms with E-state index in [0.717, 1.165) is 31.2 Å². The summed E-state index contributed by atoms with van der Waals surface area (Å²) in [5, 5.41) is 5.67. The van der Waals surface area contributed by atoms with Crippen molar-refractivity contribution in [2.75, 3.05) is 30.9 Å². The summed E-state index contributed by atoms with van der Waals surface area (Å²) < 4.78 is 4.80. The summed E-state index contributed by atoms with van der Waals surface area (Å²) in [5.41, 5.74) is 2.18. The Morgan fingerprint density at radius 1 is 1.22 bits per heavy atom. The second-order valence-electron chi connectivity index (χ2n) is 7.39. The molecule has 3 amide bonds. The molecule has 1 aromatic carbocycles. The molecule has 1 heterocycles. The topological polar surface area (TPSA) is 87.7 Å². The molecule has 1 atom stereocenters. The van der Waals surface area contributed by atoms with Gasteiger partial charge in [-0.25, -0.2) is 0 Å². The van der Waals surface area contributed by atoms with E-state index < -0.39 is 0 Å². The van der Waals surface area contributed by atoms with Gasteiger partial charge in [-0.3, -0.25) is 14.4 Å². The van der Waals surface area contributed by atoms with E-state index in [1.54, 1.807) is 12.1 Å². The molecule has 1 aliphatic carbocycles. The first-order chi connectivity index (χ1) is 13.0. The van der Waals surface area contributed by atoms with Crippen LogP contribution in [0.3, 0.4) is 0 Å². The van der Waals surface area contributed by atoms with Gasteiger partial charge in [0.15, 0.2) is 0 Å². The Labute approximate surface area is 159 Å². The standard InChI is InChI=1S/C20H27N3O4/c1-13-9-15(7-8-17(13)22-18(24)12-27-2)21-20(26)14-10-19(25)23(11-14)16-5-3-4-6-16/h7-9,14,16H,3-6,10-12H2,1-2H3,(H,21,26)(H,22,24). The zero-order valence-electron chi connectivity index (χ0n) is 15.9. The molecule has 2 N–H and O–H groups in total. The van der Waals surface area contributed by atoms with Crippen molar-refractivity contribution in [3.8, 4) is 0 Å². The van der Waals surface area contributed by atoms with Gasteiger partial charge in [0, 0.05) is 37.5 Å². The van der Waals surface area contributed by atoms with Crippen LogP contribution in [0.2, 0.25) is 0 Å². The summed E-state index contributed by atoms with van der Waals surface area (Å²) in [4.78, 5) is 38.4. The van der Waals surface area contributed by atoms with Gasteiger partial charge in [-0.2, -0.15) is 0 Å². The van der Waals surface area contributed by atoms with E-state index in [2.05, 4.69) is 10.6 Å². The number of nitrogens with one attached hydrogen (secondary N) is 2. The number of anilines is 2. The van der Waals surface area contributed by atoms with E-state index in [1.165, 1.54) is 7.11 Å². The predicted molar refractivity (Wildman–Crippen MR) is 102 cm³/mol. The first-order valence-corrected chi connectivity index (χ1v) is 9.47. The maximum atomic E-state index is 12.6. The zero-order chi connectivity index (χ0) is 19.4. The molecule has 3 rings (SSSR count). The Morgan fingerprint density at radius 2 is 1.96 bits per heavy atom. The molecule has 0 spiro atoms. The number of likely N-dealkylation sites (tertiary alicyclic amines) is 1. The molecule has 0 radical (unpaired) electrons. The minimum atomic E-state index is -0.306. The quantitative estimate of drug-likeness (QED) is 0.801. The van der Waals surface area contributed by atoms with E-state index in [0.29, 0.717) is 24.0 Å². The predicted octanol–water partition coefficient (Wildman–Crippen LogP) is 2.31. The van der Waals surface area contributed by atoms with Crippen LogP contribution in [0.5, 0.6) is 0 Å².